The molecule has 1 aromatic carbocycles. The van der Waals surface area contributed by atoms with Crippen LogP contribution in [0.25, 0.3) is 5.69 Å². The zero-order chi connectivity index (χ0) is 17.3. The van der Waals surface area contributed by atoms with Crippen molar-refractivity contribution < 1.29 is 9.59 Å². The third kappa shape index (κ3) is 3.12. The van der Waals surface area contributed by atoms with Gasteiger partial charge in [-0.25, -0.2) is 4.68 Å². The lowest BCUT2D eigenvalue weighted by Crippen LogP contribution is -2.57. The van der Waals surface area contributed by atoms with E-state index in [4.69, 9.17) is 23.2 Å². The second kappa shape index (κ2) is 6.83. The first-order valence-corrected chi connectivity index (χ1v) is 8.36. The summed E-state index contributed by atoms with van der Waals surface area (Å²) in [7, 11) is 0. The molecule has 6 nitrogen and oxygen atoms in total. The van der Waals surface area contributed by atoms with Crippen LogP contribution in [0, 0.1) is 0 Å². The van der Waals surface area contributed by atoms with Gasteiger partial charge in [0.05, 0.1) is 15.7 Å². The molecule has 0 aliphatic carbocycles. The van der Waals surface area contributed by atoms with E-state index in [0.29, 0.717) is 35.2 Å². The highest BCUT2D eigenvalue weighted by atomic mass is 35.5. The molecule has 0 spiro atoms. The fraction of sp³-hybridized carbons (Fsp3) is 0.312. The summed E-state index contributed by atoms with van der Waals surface area (Å²) < 4.78 is 1.56. The normalized spacial score (nSPS) is 17.7. The lowest BCUT2D eigenvalue weighted by Gasteiger charge is -2.33. The molecule has 0 bridgehead atoms. The Bertz CT molecular complexity index is 790. The Kier molecular flexibility index (Phi) is 4.78. The van der Waals surface area contributed by atoms with Crippen LogP contribution in [-0.2, 0) is 4.79 Å². The molecule has 126 valence electrons. The molecule has 1 aromatic heterocycles. The molecule has 2 heterocycles. The van der Waals surface area contributed by atoms with Crippen molar-refractivity contribution in [1.29, 1.82) is 0 Å². The van der Waals surface area contributed by atoms with Crippen molar-refractivity contribution in [3.8, 4) is 5.69 Å². The lowest BCUT2D eigenvalue weighted by molar-refractivity contribution is -0.127. The van der Waals surface area contributed by atoms with E-state index in [2.05, 4.69) is 10.4 Å². The number of hydrogen-bond acceptors (Lipinski definition) is 3. The highest BCUT2D eigenvalue weighted by Crippen LogP contribution is 2.24. The fourth-order valence-corrected chi connectivity index (χ4v) is 3.01. The first-order valence-electron chi connectivity index (χ1n) is 7.61. The van der Waals surface area contributed by atoms with Crippen LogP contribution in [0.3, 0.4) is 0 Å². The summed E-state index contributed by atoms with van der Waals surface area (Å²) in [5.74, 6) is -0.378. The van der Waals surface area contributed by atoms with Gasteiger partial charge in [-0.3, -0.25) is 9.59 Å². The molecule has 24 heavy (non-hydrogen) atoms. The van der Waals surface area contributed by atoms with Crippen molar-refractivity contribution in [1.82, 2.24) is 20.0 Å². The van der Waals surface area contributed by atoms with Gasteiger partial charge in [-0.1, -0.05) is 30.1 Å². The van der Waals surface area contributed by atoms with Gasteiger partial charge in [0.25, 0.3) is 5.91 Å². The summed E-state index contributed by atoms with van der Waals surface area (Å²) in [4.78, 5) is 26.2. The van der Waals surface area contributed by atoms with Crippen LogP contribution in [0.1, 0.15) is 23.8 Å². The van der Waals surface area contributed by atoms with Gasteiger partial charge in [-0.2, -0.15) is 5.10 Å². The summed E-state index contributed by atoms with van der Waals surface area (Å²) >= 11 is 11.9. The van der Waals surface area contributed by atoms with E-state index >= 15 is 0 Å². The monoisotopic (exact) mass is 366 g/mol. The third-order valence-electron chi connectivity index (χ3n) is 3.95. The number of nitrogens with one attached hydrogen (secondary N) is 1. The van der Waals surface area contributed by atoms with Crippen LogP contribution in [0.15, 0.2) is 30.5 Å². The number of benzene rings is 1. The number of nitrogens with zero attached hydrogens (tertiary/aromatic N) is 3. The molecule has 3 rings (SSSR count). The molecular weight excluding hydrogens is 351 g/mol. The number of amides is 2. The Morgan fingerprint density at radius 2 is 2.12 bits per heavy atom. The maximum absolute atomic E-state index is 12.7. The third-order valence-corrected chi connectivity index (χ3v) is 4.69. The van der Waals surface area contributed by atoms with Gasteiger partial charge in [0.15, 0.2) is 5.69 Å². The van der Waals surface area contributed by atoms with E-state index in [1.54, 1.807) is 40.0 Å². The number of aromatic nitrogens is 2. The summed E-state index contributed by atoms with van der Waals surface area (Å²) in [6.07, 6.45) is 2.24. The molecule has 8 heteroatoms. The first-order chi connectivity index (χ1) is 11.5. The maximum Gasteiger partial charge on any atom is 0.275 e. The zero-order valence-corrected chi connectivity index (χ0v) is 14.5. The number of carbonyl (C=O) groups excluding carboxylic acids is 2. The second-order valence-electron chi connectivity index (χ2n) is 5.46. The SMILES string of the molecule is CCC1C(=O)NCCN1C(=O)c1ccn(-c2ccc(Cl)c(Cl)c2)n1. The van der Waals surface area contributed by atoms with E-state index in [1.807, 2.05) is 6.92 Å². The first kappa shape index (κ1) is 16.8. The highest BCUT2D eigenvalue weighted by molar-refractivity contribution is 6.42. The minimum atomic E-state index is -0.457. The number of hydrogen-bond donors (Lipinski definition) is 1. The predicted molar refractivity (Wildman–Crippen MR) is 91.7 cm³/mol. The van der Waals surface area contributed by atoms with Crippen LogP contribution in [0.2, 0.25) is 10.0 Å². The summed E-state index contributed by atoms with van der Waals surface area (Å²) in [5.41, 5.74) is 0.987. The van der Waals surface area contributed by atoms with Gasteiger partial charge >= 0.3 is 0 Å². The largest absolute Gasteiger partial charge is 0.353 e. The van der Waals surface area contributed by atoms with Crippen molar-refractivity contribution in [2.75, 3.05) is 13.1 Å². The van der Waals surface area contributed by atoms with Gasteiger partial charge < -0.3 is 10.2 Å². The summed E-state index contributed by atoms with van der Waals surface area (Å²) in [6.45, 7) is 2.81. The standard InChI is InChI=1S/C16H16Cl2N4O2/c1-2-14-15(23)19-6-8-21(14)16(24)13-5-7-22(20-13)10-3-4-11(17)12(18)9-10/h3-5,7,9,14H,2,6,8H2,1H3,(H,19,23). The van der Waals surface area contributed by atoms with E-state index in [9.17, 15) is 9.59 Å². The molecule has 1 atom stereocenters. The second-order valence-corrected chi connectivity index (χ2v) is 6.27. The van der Waals surface area contributed by atoms with Gasteiger partial charge in [0, 0.05) is 19.3 Å². The number of halogens is 2. The number of piperazine rings is 1. The fourth-order valence-electron chi connectivity index (χ4n) is 2.72. The molecular formula is C16H16Cl2N4O2. The van der Waals surface area contributed by atoms with Crippen LogP contribution < -0.4 is 5.32 Å². The lowest BCUT2D eigenvalue weighted by atomic mass is 10.1. The van der Waals surface area contributed by atoms with Crippen molar-refractivity contribution in [3.05, 3.63) is 46.2 Å². The Balaban J connectivity index is 1.85. The minimum Gasteiger partial charge on any atom is -0.353 e. The van der Waals surface area contributed by atoms with Crippen molar-refractivity contribution in [3.63, 3.8) is 0 Å². The minimum absolute atomic E-state index is 0.124. The smallest absolute Gasteiger partial charge is 0.275 e. The molecule has 2 aromatic rings. The average molecular weight is 367 g/mol. The maximum atomic E-state index is 12.7. The van der Waals surface area contributed by atoms with Crippen LogP contribution in [0.5, 0.6) is 0 Å². The molecule has 1 N–H and O–H groups in total. The topological polar surface area (TPSA) is 67.2 Å². The predicted octanol–water partition coefficient (Wildman–Crippen LogP) is 2.53. The molecule has 1 unspecified atom stereocenters. The highest BCUT2D eigenvalue weighted by Gasteiger charge is 2.33. The molecule has 1 saturated heterocycles. The van der Waals surface area contributed by atoms with E-state index in [1.165, 1.54) is 0 Å². The van der Waals surface area contributed by atoms with Gasteiger partial charge in [-0.15, -0.1) is 0 Å². The summed E-state index contributed by atoms with van der Waals surface area (Å²) in [5, 5.41) is 7.95. The molecule has 1 aliphatic rings. The van der Waals surface area contributed by atoms with Crippen molar-refractivity contribution >= 4 is 35.0 Å². The average Bonchev–Trinajstić information content (AvgIpc) is 3.06. The van der Waals surface area contributed by atoms with Gasteiger partial charge in [0.2, 0.25) is 5.91 Å². The van der Waals surface area contributed by atoms with Crippen LogP contribution >= 0.6 is 23.2 Å². The van der Waals surface area contributed by atoms with Crippen molar-refractivity contribution in [2.24, 2.45) is 0 Å². The van der Waals surface area contributed by atoms with Gasteiger partial charge in [0.1, 0.15) is 6.04 Å². The van der Waals surface area contributed by atoms with Crippen LogP contribution in [-0.4, -0.2) is 45.6 Å². The Morgan fingerprint density at radius 3 is 2.83 bits per heavy atom. The quantitative estimate of drug-likeness (QED) is 0.907. The van der Waals surface area contributed by atoms with E-state index in [0.717, 1.165) is 0 Å². The molecule has 0 saturated carbocycles. The Labute approximate surface area is 149 Å². The zero-order valence-electron chi connectivity index (χ0n) is 13.0. The molecule has 1 fully saturated rings. The van der Waals surface area contributed by atoms with E-state index in [-0.39, 0.29) is 17.5 Å². The van der Waals surface area contributed by atoms with Crippen LogP contribution in [0.4, 0.5) is 0 Å². The number of rotatable bonds is 3. The molecule has 1 aliphatic heterocycles. The Morgan fingerprint density at radius 1 is 1.33 bits per heavy atom. The van der Waals surface area contributed by atoms with Gasteiger partial charge in [-0.05, 0) is 30.7 Å². The Hall–Kier alpha value is -2.05. The van der Waals surface area contributed by atoms with E-state index < -0.39 is 6.04 Å². The molecule has 2 amide bonds. The van der Waals surface area contributed by atoms with Crippen molar-refractivity contribution in [2.45, 2.75) is 19.4 Å². The summed E-state index contributed by atoms with van der Waals surface area (Å²) in [6, 6.07) is 6.28. The number of carbonyl (C=O) groups is 2. The molecule has 0 radical (unpaired) electrons.